The van der Waals surface area contributed by atoms with Crippen molar-refractivity contribution in [1.82, 2.24) is 9.62 Å². The van der Waals surface area contributed by atoms with E-state index in [-0.39, 0.29) is 5.91 Å². The van der Waals surface area contributed by atoms with E-state index in [1.165, 1.54) is 4.90 Å². The second-order valence-corrected chi connectivity index (χ2v) is 6.60. The number of hydrogen-bond acceptors (Lipinski definition) is 4. The number of hydrogen-bond donors (Lipinski definition) is 2. The number of nitrogens with one attached hydrogen (secondary N) is 1. The van der Waals surface area contributed by atoms with E-state index >= 15 is 0 Å². The lowest BCUT2D eigenvalue weighted by atomic mass is 10.1. The van der Waals surface area contributed by atoms with E-state index in [9.17, 15) is 18.0 Å². The fraction of sp³-hybridized carbons (Fsp3) is 0.818. The third-order valence-corrected chi connectivity index (χ3v) is 3.81. The number of carbonyl (C=O) groups excluding carboxylic acids is 2. The van der Waals surface area contributed by atoms with Crippen LogP contribution in [0.5, 0.6) is 0 Å². The van der Waals surface area contributed by atoms with Crippen LogP contribution in [0.3, 0.4) is 0 Å². The number of amides is 2. The molecule has 1 rings (SSSR count). The van der Waals surface area contributed by atoms with Crippen molar-refractivity contribution in [3.05, 3.63) is 0 Å². The van der Waals surface area contributed by atoms with Gasteiger partial charge in [-0.15, -0.1) is 0 Å². The monoisotopic (exact) mass is 291 g/mol. The summed E-state index contributed by atoms with van der Waals surface area (Å²) in [5.41, 5.74) is 5.32. The molecule has 1 aliphatic rings. The molecule has 0 aromatic rings. The summed E-state index contributed by atoms with van der Waals surface area (Å²) >= 11 is 0. The fourth-order valence-electron chi connectivity index (χ4n) is 2.17. The van der Waals surface area contributed by atoms with Gasteiger partial charge in [0.15, 0.2) is 0 Å². The maximum atomic E-state index is 11.6. The Morgan fingerprint density at radius 1 is 1.47 bits per heavy atom. The summed E-state index contributed by atoms with van der Waals surface area (Å²) in [4.78, 5) is 24.5. The van der Waals surface area contributed by atoms with Gasteiger partial charge in [0, 0.05) is 19.5 Å². The minimum absolute atomic E-state index is 0.0296. The first kappa shape index (κ1) is 15.9. The second kappa shape index (κ2) is 6.85. The van der Waals surface area contributed by atoms with Crippen molar-refractivity contribution in [2.24, 2.45) is 5.73 Å². The number of likely N-dealkylation sites (tertiary alicyclic amines) is 1. The molecule has 1 atom stereocenters. The molecule has 0 aromatic carbocycles. The predicted molar refractivity (Wildman–Crippen MR) is 70.6 cm³/mol. The molecule has 110 valence electrons. The highest BCUT2D eigenvalue weighted by Crippen LogP contribution is 2.17. The van der Waals surface area contributed by atoms with Gasteiger partial charge in [-0.1, -0.05) is 0 Å². The molecule has 1 saturated heterocycles. The zero-order chi connectivity index (χ0) is 14.5. The van der Waals surface area contributed by atoms with Gasteiger partial charge in [0.1, 0.15) is 6.04 Å². The van der Waals surface area contributed by atoms with E-state index in [0.29, 0.717) is 38.8 Å². The van der Waals surface area contributed by atoms with E-state index in [1.807, 2.05) is 0 Å². The zero-order valence-electron chi connectivity index (χ0n) is 11.1. The molecular weight excluding hydrogens is 270 g/mol. The van der Waals surface area contributed by atoms with E-state index < -0.39 is 22.0 Å². The van der Waals surface area contributed by atoms with Crippen LogP contribution < -0.4 is 10.5 Å². The predicted octanol–water partition coefficient (Wildman–Crippen LogP) is -0.818. The average molecular weight is 291 g/mol. The zero-order valence-corrected chi connectivity index (χ0v) is 11.9. The van der Waals surface area contributed by atoms with Crippen LogP contribution in [0, 0.1) is 0 Å². The molecule has 19 heavy (non-hydrogen) atoms. The summed E-state index contributed by atoms with van der Waals surface area (Å²) in [6.07, 6.45) is 4.06. The molecule has 1 fully saturated rings. The Bertz CT molecular complexity index is 435. The Morgan fingerprint density at radius 2 is 2.16 bits per heavy atom. The van der Waals surface area contributed by atoms with Crippen LogP contribution in [0.2, 0.25) is 0 Å². The van der Waals surface area contributed by atoms with Gasteiger partial charge < -0.3 is 10.6 Å². The molecule has 1 unspecified atom stereocenters. The Kier molecular flexibility index (Phi) is 5.74. The Morgan fingerprint density at radius 3 is 2.63 bits per heavy atom. The lowest BCUT2D eigenvalue weighted by Crippen LogP contribution is -2.45. The number of carbonyl (C=O) groups is 2. The smallest absolute Gasteiger partial charge is 0.240 e. The first-order chi connectivity index (χ1) is 8.81. The quantitative estimate of drug-likeness (QED) is 0.569. The molecule has 1 aliphatic heterocycles. The average Bonchev–Trinajstić information content (AvgIpc) is 2.68. The Labute approximate surface area is 113 Å². The minimum Gasteiger partial charge on any atom is -0.368 e. The summed E-state index contributed by atoms with van der Waals surface area (Å²) in [7, 11) is -3.17. The van der Waals surface area contributed by atoms with Gasteiger partial charge >= 0.3 is 0 Å². The lowest BCUT2D eigenvalue weighted by Gasteiger charge is -2.24. The number of unbranched alkanes of at least 4 members (excludes halogenated alkanes) is 1. The van der Waals surface area contributed by atoms with Crippen LogP contribution >= 0.6 is 0 Å². The van der Waals surface area contributed by atoms with Crippen LogP contribution in [0.1, 0.15) is 32.1 Å². The minimum atomic E-state index is -3.17. The summed E-state index contributed by atoms with van der Waals surface area (Å²) in [6.45, 7) is 0.909. The lowest BCUT2D eigenvalue weighted by molar-refractivity contribution is -0.136. The molecule has 0 aliphatic carbocycles. The number of primary amides is 1. The van der Waals surface area contributed by atoms with Crippen molar-refractivity contribution >= 4 is 21.8 Å². The highest BCUT2D eigenvalue weighted by molar-refractivity contribution is 7.88. The molecule has 7 nitrogen and oxygen atoms in total. The second-order valence-electron chi connectivity index (χ2n) is 4.77. The first-order valence-corrected chi connectivity index (χ1v) is 8.24. The van der Waals surface area contributed by atoms with Crippen molar-refractivity contribution in [2.45, 2.75) is 38.1 Å². The van der Waals surface area contributed by atoms with Crippen LogP contribution in [0.4, 0.5) is 0 Å². The maximum absolute atomic E-state index is 11.6. The molecule has 0 radical (unpaired) electrons. The summed E-state index contributed by atoms with van der Waals surface area (Å²) in [5.74, 6) is -0.524. The molecule has 1 heterocycles. The van der Waals surface area contributed by atoms with Crippen molar-refractivity contribution in [3.63, 3.8) is 0 Å². The first-order valence-electron chi connectivity index (χ1n) is 6.34. The van der Waals surface area contributed by atoms with Gasteiger partial charge in [-0.25, -0.2) is 13.1 Å². The maximum Gasteiger partial charge on any atom is 0.240 e. The van der Waals surface area contributed by atoms with Gasteiger partial charge in [0.05, 0.1) is 6.26 Å². The molecule has 0 spiro atoms. The Hall–Kier alpha value is -1.15. The van der Waals surface area contributed by atoms with Crippen molar-refractivity contribution < 1.29 is 18.0 Å². The van der Waals surface area contributed by atoms with Gasteiger partial charge in [0.2, 0.25) is 21.8 Å². The van der Waals surface area contributed by atoms with E-state index in [4.69, 9.17) is 5.73 Å². The molecule has 0 bridgehead atoms. The molecule has 0 saturated carbocycles. The van der Waals surface area contributed by atoms with Crippen LogP contribution in [0.25, 0.3) is 0 Å². The molecule has 2 amide bonds. The standard InChI is InChI=1S/C11H21N3O4S/c1-19(17,18)13-7-3-2-5-9(11(12)16)14-8-4-6-10(14)15/h9,13H,2-8H2,1H3,(H2,12,16). The molecule has 8 heteroatoms. The number of nitrogens with zero attached hydrogens (tertiary/aromatic N) is 1. The number of nitrogens with two attached hydrogens (primary N) is 1. The van der Waals surface area contributed by atoms with Crippen molar-refractivity contribution in [1.29, 1.82) is 0 Å². The normalized spacial score (nSPS) is 17.7. The Balaban J connectivity index is 2.35. The van der Waals surface area contributed by atoms with Gasteiger partial charge in [-0.05, 0) is 25.7 Å². The fourth-order valence-corrected chi connectivity index (χ4v) is 2.69. The largest absolute Gasteiger partial charge is 0.368 e. The van der Waals surface area contributed by atoms with Gasteiger partial charge in [0.25, 0.3) is 0 Å². The topological polar surface area (TPSA) is 110 Å². The number of rotatable bonds is 8. The third-order valence-electron chi connectivity index (χ3n) is 3.08. The van der Waals surface area contributed by atoms with Gasteiger partial charge in [-0.2, -0.15) is 0 Å². The summed E-state index contributed by atoms with van der Waals surface area (Å²) in [5, 5.41) is 0. The van der Waals surface area contributed by atoms with Crippen molar-refractivity contribution in [3.8, 4) is 0 Å². The number of sulfonamides is 1. The SMILES string of the molecule is CS(=O)(=O)NCCCCC(C(N)=O)N1CCCC1=O. The highest BCUT2D eigenvalue weighted by Gasteiger charge is 2.30. The van der Waals surface area contributed by atoms with E-state index in [2.05, 4.69) is 4.72 Å². The van der Waals surface area contributed by atoms with Crippen LogP contribution in [0.15, 0.2) is 0 Å². The van der Waals surface area contributed by atoms with Gasteiger partial charge in [-0.3, -0.25) is 9.59 Å². The van der Waals surface area contributed by atoms with E-state index in [0.717, 1.165) is 12.7 Å². The summed E-state index contributed by atoms with van der Waals surface area (Å²) in [6, 6.07) is -0.562. The summed E-state index contributed by atoms with van der Waals surface area (Å²) < 4.78 is 24.1. The molecular formula is C11H21N3O4S. The van der Waals surface area contributed by atoms with E-state index in [1.54, 1.807) is 0 Å². The molecule has 3 N–H and O–H groups in total. The van der Waals surface area contributed by atoms with Crippen LogP contribution in [-0.2, 0) is 19.6 Å². The molecule has 0 aromatic heterocycles. The third kappa shape index (κ3) is 5.56. The van der Waals surface area contributed by atoms with Crippen LogP contribution in [-0.4, -0.2) is 50.5 Å². The highest BCUT2D eigenvalue weighted by atomic mass is 32.2. The van der Waals surface area contributed by atoms with Crippen molar-refractivity contribution in [2.75, 3.05) is 19.3 Å².